The van der Waals surface area contributed by atoms with E-state index in [0.29, 0.717) is 5.75 Å². The molecule has 0 spiro atoms. The Hall–Kier alpha value is -1.72. The normalized spacial score (nSPS) is 12.1. The van der Waals surface area contributed by atoms with Crippen molar-refractivity contribution < 1.29 is 9.53 Å². The second-order valence-electron chi connectivity index (χ2n) is 3.41. The standard InChI is InChI=1S/C12H12N2O2S/c1-16-8-4-2-6-14-11(8)12(15)10(13)9-5-3-7-17-9/h2-7,10H,13H2,1H3. The fraction of sp³-hybridized carbons (Fsp3) is 0.167. The van der Waals surface area contributed by atoms with E-state index in [0.717, 1.165) is 4.88 Å². The molecule has 0 amide bonds. The summed E-state index contributed by atoms with van der Waals surface area (Å²) < 4.78 is 5.10. The molecule has 2 heterocycles. The lowest BCUT2D eigenvalue weighted by Gasteiger charge is -2.10. The molecule has 0 saturated carbocycles. The summed E-state index contributed by atoms with van der Waals surface area (Å²) >= 11 is 1.45. The minimum Gasteiger partial charge on any atom is -0.494 e. The highest BCUT2D eigenvalue weighted by molar-refractivity contribution is 7.10. The van der Waals surface area contributed by atoms with E-state index in [1.54, 1.807) is 18.3 Å². The number of methoxy groups -OCH3 is 1. The topological polar surface area (TPSA) is 65.2 Å². The van der Waals surface area contributed by atoms with Crippen LogP contribution < -0.4 is 10.5 Å². The van der Waals surface area contributed by atoms with Crippen LogP contribution in [0.5, 0.6) is 5.75 Å². The zero-order chi connectivity index (χ0) is 12.3. The van der Waals surface area contributed by atoms with Crippen molar-refractivity contribution in [1.82, 2.24) is 4.98 Å². The van der Waals surface area contributed by atoms with Crippen LogP contribution in [0.3, 0.4) is 0 Å². The fourth-order valence-electron chi connectivity index (χ4n) is 1.49. The SMILES string of the molecule is COc1cccnc1C(=O)C(N)c1cccs1. The molecular weight excluding hydrogens is 236 g/mol. The van der Waals surface area contributed by atoms with Gasteiger partial charge in [-0.25, -0.2) is 4.98 Å². The Morgan fingerprint density at radius 3 is 2.94 bits per heavy atom. The summed E-state index contributed by atoms with van der Waals surface area (Å²) in [5, 5.41) is 1.89. The van der Waals surface area contributed by atoms with E-state index in [4.69, 9.17) is 10.5 Å². The van der Waals surface area contributed by atoms with E-state index in [2.05, 4.69) is 4.98 Å². The van der Waals surface area contributed by atoms with Crippen molar-refractivity contribution >= 4 is 17.1 Å². The number of pyridine rings is 1. The first-order chi connectivity index (χ1) is 8.24. The molecule has 0 bridgehead atoms. The van der Waals surface area contributed by atoms with Crippen molar-refractivity contribution in [2.24, 2.45) is 5.73 Å². The number of nitrogens with two attached hydrogens (primary N) is 1. The van der Waals surface area contributed by atoms with Crippen LogP contribution in [0.4, 0.5) is 0 Å². The maximum atomic E-state index is 12.2. The monoisotopic (exact) mass is 248 g/mol. The number of nitrogens with zero attached hydrogens (tertiary/aromatic N) is 1. The van der Waals surface area contributed by atoms with Crippen LogP contribution in [0, 0.1) is 0 Å². The third kappa shape index (κ3) is 2.35. The smallest absolute Gasteiger partial charge is 0.206 e. The van der Waals surface area contributed by atoms with Crippen molar-refractivity contribution in [3.63, 3.8) is 0 Å². The number of rotatable bonds is 4. The van der Waals surface area contributed by atoms with Gasteiger partial charge in [0.05, 0.1) is 7.11 Å². The second kappa shape index (κ2) is 5.07. The average Bonchev–Trinajstić information content (AvgIpc) is 2.90. The highest BCUT2D eigenvalue weighted by Gasteiger charge is 2.22. The molecule has 2 aromatic rings. The van der Waals surface area contributed by atoms with Gasteiger partial charge in [0.15, 0.2) is 0 Å². The van der Waals surface area contributed by atoms with Gasteiger partial charge in [0.2, 0.25) is 5.78 Å². The van der Waals surface area contributed by atoms with E-state index in [1.165, 1.54) is 18.4 Å². The quantitative estimate of drug-likeness (QED) is 0.841. The first-order valence-corrected chi connectivity index (χ1v) is 5.94. The molecule has 17 heavy (non-hydrogen) atoms. The van der Waals surface area contributed by atoms with Gasteiger partial charge in [-0.1, -0.05) is 6.07 Å². The van der Waals surface area contributed by atoms with E-state index in [1.807, 2.05) is 17.5 Å². The van der Waals surface area contributed by atoms with Gasteiger partial charge in [-0.15, -0.1) is 11.3 Å². The Balaban J connectivity index is 2.31. The minimum atomic E-state index is -0.682. The largest absolute Gasteiger partial charge is 0.494 e. The lowest BCUT2D eigenvalue weighted by atomic mass is 10.1. The number of ketones is 1. The van der Waals surface area contributed by atoms with Crippen LogP contribution in [0.2, 0.25) is 0 Å². The number of aromatic nitrogens is 1. The first kappa shape index (κ1) is 11.8. The van der Waals surface area contributed by atoms with Crippen LogP contribution in [0.25, 0.3) is 0 Å². The van der Waals surface area contributed by atoms with Gasteiger partial charge in [-0.3, -0.25) is 4.79 Å². The van der Waals surface area contributed by atoms with Crippen molar-refractivity contribution in [3.8, 4) is 5.75 Å². The van der Waals surface area contributed by atoms with Gasteiger partial charge in [-0.2, -0.15) is 0 Å². The number of hydrogen-bond donors (Lipinski definition) is 1. The van der Waals surface area contributed by atoms with Crippen LogP contribution in [-0.2, 0) is 0 Å². The van der Waals surface area contributed by atoms with E-state index in [9.17, 15) is 4.79 Å². The maximum Gasteiger partial charge on any atom is 0.206 e. The molecular formula is C12H12N2O2S. The molecule has 0 saturated heterocycles. The number of hydrogen-bond acceptors (Lipinski definition) is 5. The third-order valence-electron chi connectivity index (χ3n) is 2.36. The van der Waals surface area contributed by atoms with Gasteiger partial charge in [0.25, 0.3) is 0 Å². The van der Waals surface area contributed by atoms with E-state index in [-0.39, 0.29) is 11.5 Å². The molecule has 2 rings (SSSR count). The van der Waals surface area contributed by atoms with Crippen LogP contribution in [0.1, 0.15) is 21.4 Å². The zero-order valence-electron chi connectivity index (χ0n) is 9.29. The lowest BCUT2D eigenvalue weighted by molar-refractivity contribution is 0.0954. The molecule has 1 unspecified atom stereocenters. The maximum absolute atomic E-state index is 12.2. The molecule has 88 valence electrons. The Morgan fingerprint density at radius 2 is 2.29 bits per heavy atom. The molecule has 0 radical (unpaired) electrons. The fourth-order valence-corrected chi connectivity index (χ4v) is 2.21. The molecule has 4 nitrogen and oxygen atoms in total. The summed E-state index contributed by atoms with van der Waals surface area (Å²) in [6, 6.07) is 6.43. The number of Topliss-reactive ketones (excluding diaryl/α,β-unsaturated/α-hetero) is 1. The summed E-state index contributed by atoms with van der Waals surface area (Å²) in [7, 11) is 1.50. The van der Waals surface area contributed by atoms with Gasteiger partial charge in [0.1, 0.15) is 17.5 Å². The third-order valence-corrected chi connectivity index (χ3v) is 3.31. The van der Waals surface area contributed by atoms with Crippen LogP contribution in [0.15, 0.2) is 35.8 Å². The predicted molar refractivity (Wildman–Crippen MR) is 66.4 cm³/mol. The van der Waals surface area contributed by atoms with Crippen molar-refractivity contribution in [2.75, 3.05) is 7.11 Å². The first-order valence-electron chi connectivity index (χ1n) is 5.06. The average molecular weight is 248 g/mol. The Morgan fingerprint density at radius 1 is 1.47 bits per heavy atom. The number of ether oxygens (including phenoxy) is 1. The molecule has 0 aromatic carbocycles. The van der Waals surface area contributed by atoms with E-state index < -0.39 is 6.04 Å². The lowest BCUT2D eigenvalue weighted by Crippen LogP contribution is -2.22. The molecule has 0 aliphatic rings. The number of thiophene rings is 1. The number of carbonyl (C=O) groups excluding carboxylic acids is 1. The zero-order valence-corrected chi connectivity index (χ0v) is 10.1. The van der Waals surface area contributed by atoms with Gasteiger partial charge in [0, 0.05) is 11.1 Å². The van der Waals surface area contributed by atoms with Gasteiger partial charge >= 0.3 is 0 Å². The number of carbonyl (C=O) groups is 1. The molecule has 0 aliphatic carbocycles. The Labute approximate surface area is 103 Å². The summed E-state index contributed by atoms with van der Waals surface area (Å²) in [4.78, 5) is 17.0. The Kier molecular flexibility index (Phi) is 3.51. The molecule has 0 aliphatic heterocycles. The van der Waals surface area contributed by atoms with Crippen molar-refractivity contribution in [1.29, 1.82) is 0 Å². The summed E-state index contributed by atoms with van der Waals surface area (Å²) in [6.45, 7) is 0. The summed E-state index contributed by atoms with van der Waals surface area (Å²) in [6.07, 6.45) is 1.55. The second-order valence-corrected chi connectivity index (χ2v) is 4.39. The molecule has 0 fully saturated rings. The summed E-state index contributed by atoms with van der Waals surface area (Å²) in [5.74, 6) is 0.217. The Bertz CT molecular complexity index is 511. The highest BCUT2D eigenvalue weighted by atomic mass is 32.1. The molecule has 2 aromatic heterocycles. The van der Waals surface area contributed by atoms with Crippen LogP contribution >= 0.6 is 11.3 Å². The van der Waals surface area contributed by atoms with Crippen molar-refractivity contribution in [2.45, 2.75) is 6.04 Å². The summed E-state index contributed by atoms with van der Waals surface area (Å²) in [5.41, 5.74) is 6.18. The molecule has 1 atom stereocenters. The molecule has 2 N–H and O–H groups in total. The highest BCUT2D eigenvalue weighted by Crippen LogP contribution is 2.24. The van der Waals surface area contributed by atoms with Gasteiger partial charge < -0.3 is 10.5 Å². The van der Waals surface area contributed by atoms with Crippen molar-refractivity contribution in [3.05, 3.63) is 46.4 Å². The predicted octanol–water partition coefficient (Wildman–Crippen LogP) is 2.03. The van der Waals surface area contributed by atoms with Crippen LogP contribution in [-0.4, -0.2) is 17.9 Å². The minimum absolute atomic E-state index is 0.232. The van der Waals surface area contributed by atoms with Gasteiger partial charge in [-0.05, 0) is 23.6 Å². The van der Waals surface area contributed by atoms with E-state index >= 15 is 0 Å². The molecule has 5 heteroatoms.